The van der Waals surface area contributed by atoms with Gasteiger partial charge in [-0.15, -0.1) is 0 Å². The smallest absolute Gasteiger partial charge is 0.219 e. The maximum absolute atomic E-state index is 11.5. The van der Waals surface area contributed by atoms with Gasteiger partial charge in [-0.05, 0) is 89.0 Å². The van der Waals surface area contributed by atoms with Crippen molar-refractivity contribution in [1.29, 1.82) is 0 Å². The van der Waals surface area contributed by atoms with E-state index in [4.69, 9.17) is 88.6 Å². The molecule has 0 bridgehead atoms. The third kappa shape index (κ3) is 14.0. The van der Waals surface area contributed by atoms with Gasteiger partial charge < -0.3 is 28.7 Å². The van der Waals surface area contributed by atoms with Crippen LogP contribution in [0, 0.1) is 10.8 Å². The third-order valence-electron chi connectivity index (χ3n) is 9.89. The maximum atomic E-state index is 11.5. The molecular formula is C46H54Cl6N2O5. The van der Waals surface area contributed by atoms with E-state index in [-0.39, 0.29) is 28.9 Å². The summed E-state index contributed by atoms with van der Waals surface area (Å²) in [5.74, 6) is -0.0336. The van der Waals surface area contributed by atoms with Crippen molar-refractivity contribution in [2.24, 2.45) is 10.8 Å². The van der Waals surface area contributed by atoms with Crippen LogP contribution in [0.5, 0.6) is 5.75 Å². The Labute approximate surface area is 380 Å². The Hall–Kier alpha value is -2.43. The van der Waals surface area contributed by atoms with Gasteiger partial charge in [-0.3, -0.25) is 4.79 Å². The predicted octanol–water partition coefficient (Wildman–Crippen LogP) is 13.7. The molecule has 7 nitrogen and oxygen atoms in total. The number of halogens is 6. The molecule has 2 heterocycles. The Bertz CT molecular complexity index is 2030. The summed E-state index contributed by atoms with van der Waals surface area (Å²) in [6.07, 6.45) is 1.08. The number of rotatable bonds is 11. The molecule has 0 radical (unpaired) electrons. The molecule has 3 unspecified atom stereocenters. The molecule has 59 heavy (non-hydrogen) atoms. The number of benzene rings is 4. The number of carbonyl (C=O) groups is 1. The molecule has 4 aromatic rings. The van der Waals surface area contributed by atoms with E-state index in [0.29, 0.717) is 56.4 Å². The van der Waals surface area contributed by atoms with Crippen LogP contribution < -0.4 is 9.64 Å². The highest BCUT2D eigenvalue weighted by Crippen LogP contribution is 2.46. The standard InChI is InChI=1S/C27H34Cl2N2O4.C19H20Cl4O/c1-19(32)30-11-13-31(14-12-30)21-6-8-22(9-7-21)33-16-23-17-34-27(35-23,18-26(2,3)4)24-10-5-20(28)15-25(24)29;1-19(2,3)10-18(15-7-6-14(21)9-17(15)23)24-11-12-4-5-13(20)8-16(12)22/h5-10,15,23H,11-14,16-18H2,1-4H3;4-9,18H,10-11H2,1-3H3. The van der Waals surface area contributed by atoms with Crippen LogP contribution in [0.15, 0.2) is 78.9 Å². The van der Waals surface area contributed by atoms with Crippen molar-refractivity contribution in [3.8, 4) is 5.75 Å². The first-order valence-electron chi connectivity index (χ1n) is 19.7. The fraction of sp³-hybridized carbons (Fsp3) is 0.457. The number of hydrogen-bond acceptors (Lipinski definition) is 6. The first-order valence-corrected chi connectivity index (χ1v) is 22.0. The zero-order valence-corrected chi connectivity index (χ0v) is 39.3. The van der Waals surface area contributed by atoms with E-state index in [1.54, 1.807) is 31.2 Å². The number of ether oxygens (including phenoxy) is 4. The van der Waals surface area contributed by atoms with Crippen molar-refractivity contribution in [2.75, 3.05) is 44.3 Å². The van der Waals surface area contributed by atoms with Crippen LogP contribution in [0.2, 0.25) is 30.1 Å². The van der Waals surface area contributed by atoms with E-state index in [9.17, 15) is 4.79 Å². The molecule has 4 aromatic carbocycles. The van der Waals surface area contributed by atoms with Crippen molar-refractivity contribution in [2.45, 2.75) is 85.9 Å². The number of anilines is 1. The second kappa shape index (κ2) is 20.6. The van der Waals surface area contributed by atoms with E-state index in [2.05, 4.69) is 58.6 Å². The maximum Gasteiger partial charge on any atom is 0.219 e. The summed E-state index contributed by atoms with van der Waals surface area (Å²) in [7, 11) is 0. The second-order valence-electron chi connectivity index (χ2n) is 17.4. The molecule has 1 amide bonds. The van der Waals surface area contributed by atoms with Crippen LogP contribution in [-0.2, 0) is 31.4 Å². The van der Waals surface area contributed by atoms with Crippen molar-refractivity contribution in [1.82, 2.24) is 4.90 Å². The normalized spacial score (nSPS) is 19.0. The minimum Gasteiger partial charge on any atom is -0.491 e. The molecule has 3 atom stereocenters. The first-order chi connectivity index (χ1) is 27.7. The van der Waals surface area contributed by atoms with Crippen LogP contribution in [0.4, 0.5) is 5.69 Å². The van der Waals surface area contributed by atoms with Gasteiger partial charge in [0.05, 0.1) is 24.3 Å². The van der Waals surface area contributed by atoms with Crippen LogP contribution in [-0.4, -0.2) is 56.3 Å². The summed E-state index contributed by atoms with van der Waals surface area (Å²) in [6, 6.07) is 24.4. The Balaban J connectivity index is 0.000000241. The lowest BCUT2D eigenvalue weighted by Crippen LogP contribution is -2.48. The monoisotopic (exact) mass is 924 g/mol. The van der Waals surface area contributed by atoms with Crippen LogP contribution in [0.25, 0.3) is 0 Å². The van der Waals surface area contributed by atoms with Gasteiger partial charge in [0.1, 0.15) is 18.5 Å². The average molecular weight is 928 g/mol. The number of amides is 1. The highest BCUT2D eigenvalue weighted by Gasteiger charge is 2.47. The molecule has 6 rings (SSSR count). The van der Waals surface area contributed by atoms with E-state index in [1.807, 2.05) is 47.4 Å². The number of hydrogen-bond donors (Lipinski definition) is 0. The minimum atomic E-state index is -0.945. The SMILES string of the molecule is CC(=O)N1CCN(c2ccc(OCC3COC(CC(C)(C)C)(c4ccc(Cl)cc4Cl)O3)cc2)CC1.CC(C)(C)CC(OCc1ccc(Cl)cc1Cl)c1ccc(Cl)cc1Cl. The van der Waals surface area contributed by atoms with E-state index < -0.39 is 5.79 Å². The van der Waals surface area contributed by atoms with Crippen LogP contribution in [0.3, 0.4) is 0 Å². The fourth-order valence-corrected chi connectivity index (χ4v) is 8.65. The van der Waals surface area contributed by atoms with Crippen molar-refractivity contribution in [3.05, 3.63) is 126 Å². The molecule has 13 heteroatoms. The lowest BCUT2D eigenvalue weighted by molar-refractivity contribution is -0.198. The molecule has 0 aliphatic carbocycles. The molecule has 0 aromatic heterocycles. The zero-order chi connectivity index (χ0) is 43.1. The summed E-state index contributed by atoms with van der Waals surface area (Å²) < 4.78 is 25.0. The van der Waals surface area contributed by atoms with Gasteiger partial charge in [0.25, 0.3) is 0 Å². The second-order valence-corrected chi connectivity index (χ2v) is 20.0. The number of carbonyl (C=O) groups excluding carboxylic acids is 1. The summed E-state index contributed by atoms with van der Waals surface area (Å²) in [6.45, 7) is 18.9. The Morgan fingerprint density at radius 2 is 1.36 bits per heavy atom. The largest absolute Gasteiger partial charge is 0.491 e. The van der Waals surface area contributed by atoms with Gasteiger partial charge >= 0.3 is 0 Å². The Kier molecular flexibility index (Phi) is 16.6. The Morgan fingerprint density at radius 1 is 0.763 bits per heavy atom. The highest BCUT2D eigenvalue weighted by molar-refractivity contribution is 6.36. The topological polar surface area (TPSA) is 60.5 Å². The first kappa shape index (κ1) is 47.6. The highest BCUT2D eigenvalue weighted by atomic mass is 35.5. The van der Waals surface area contributed by atoms with Gasteiger partial charge in [0, 0.05) is 75.9 Å². The van der Waals surface area contributed by atoms with E-state index in [1.165, 1.54) is 0 Å². The third-order valence-corrected chi connectivity index (χ3v) is 11.6. The molecule has 2 aliphatic heterocycles. The summed E-state index contributed by atoms with van der Waals surface area (Å²) in [4.78, 5) is 15.7. The average Bonchev–Trinajstić information content (AvgIpc) is 3.55. The van der Waals surface area contributed by atoms with E-state index >= 15 is 0 Å². The molecule has 2 saturated heterocycles. The molecule has 2 fully saturated rings. The van der Waals surface area contributed by atoms with Crippen molar-refractivity contribution < 1.29 is 23.7 Å². The molecule has 0 spiro atoms. The lowest BCUT2D eigenvalue weighted by atomic mass is 9.84. The summed E-state index contributed by atoms with van der Waals surface area (Å²) in [5, 5.41) is 3.53. The van der Waals surface area contributed by atoms with Gasteiger partial charge in [-0.2, -0.15) is 0 Å². The van der Waals surface area contributed by atoms with Gasteiger partial charge in [0.15, 0.2) is 5.79 Å². The van der Waals surface area contributed by atoms with Gasteiger partial charge in [-0.25, -0.2) is 0 Å². The minimum absolute atomic E-state index is 0.0511. The zero-order valence-electron chi connectivity index (χ0n) is 34.7. The molecule has 320 valence electrons. The number of nitrogens with zero attached hydrogens (tertiary/aromatic N) is 2. The number of piperazine rings is 1. The summed E-state index contributed by atoms with van der Waals surface area (Å²) >= 11 is 37.2. The van der Waals surface area contributed by atoms with E-state index in [0.717, 1.165) is 60.7 Å². The quantitative estimate of drug-likeness (QED) is 0.149. The van der Waals surface area contributed by atoms with Gasteiger partial charge in [-0.1, -0.05) is 129 Å². The Morgan fingerprint density at radius 3 is 1.92 bits per heavy atom. The molecule has 0 N–H and O–H groups in total. The van der Waals surface area contributed by atoms with Crippen LogP contribution >= 0.6 is 69.6 Å². The molecule has 2 aliphatic rings. The molecule has 0 saturated carbocycles. The predicted molar refractivity (Wildman–Crippen MR) is 244 cm³/mol. The van der Waals surface area contributed by atoms with Crippen molar-refractivity contribution in [3.63, 3.8) is 0 Å². The molecular weight excluding hydrogens is 873 g/mol. The summed E-state index contributed by atoms with van der Waals surface area (Å²) in [5.41, 5.74) is 3.77. The van der Waals surface area contributed by atoms with Gasteiger partial charge in [0.2, 0.25) is 5.91 Å². The fourth-order valence-electron chi connectivity index (χ4n) is 7.10. The lowest BCUT2D eigenvalue weighted by Gasteiger charge is -2.35. The van der Waals surface area contributed by atoms with Crippen molar-refractivity contribution >= 4 is 81.2 Å². The van der Waals surface area contributed by atoms with Crippen LogP contribution in [0.1, 0.15) is 84.1 Å².